The lowest BCUT2D eigenvalue weighted by atomic mass is 10.2. The van der Waals surface area contributed by atoms with Crippen LogP contribution in [0.1, 0.15) is 15.2 Å². The predicted molar refractivity (Wildman–Crippen MR) is 72.9 cm³/mol. The summed E-state index contributed by atoms with van der Waals surface area (Å²) in [7, 11) is 0. The summed E-state index contributed by atoms with van der Waals surface area (Å²) in [6.45, 7) is 0.449. The van der Waals surface area contributed by atoms with Gasteiger partial charge < -0.3 is 10.4 Å². The molecule has 0 saturated heterocycles. The smallest absolute Gasteiger partial charge is 0.337 e. The van der Waals surface area contributed by atoms with Gasteiger partial charge in [0.1, 0.15) is 0 Å². The Hall–Kier alpha value is -1.30. The van der Waals surface area contributed by atoms with Crippen LogP contribution in [0.5, 0.6) is 0 Å². The Bertz CT molecular complexity index is 586. The van der Waals surface area contributed by atoms with Crippen LogP contribution in [0.25, 0.3) is 0 Å². The molecular formula is C11H8Cl2N2O2S. The minimum absolute atomic E-state index is 0.176. The highest BCUT2D eigenvalue weighted by molar-refractivity contribution is 7.15. The Morgan fingerprint density at radius 1 is 1.44 bits per heavy atom. The number of halogens is 2. The van der Waals surface area contributed by atoms with Gasteiger partial charge in [0.2, 0.25) is 0 Å². The molecule has 0 aliphatic heterocycles. The Morgan fingerprint density at radius 3 is 2.83 bits per heavy atom. The molecular weight excluding hydrogens is 295 g/mol. The molecule has 18 heavy (non-hydrogen) atoms. The molecule has 4 nitrogen and oxygen atoms in total. The molecule has 7 heteroatoms. The van der Waals surface area contributed by atoms with Crippen LogP contribution in [-0.2, 0) is 6.54 Å². The van der Waals surface area contributed by atoms with E-state index in [9.17, 15) is 4.79 Å². The van der Waals surface area contributed by atoms with Crippen molar-refractivity contribution in [2.24, 2.45) is 0 Å². The third-order valence-corrected chi connectivity index (χ3v) is 3.54. The van der Waals surface area contributed by atoms with E-state index in [1.807, 2.05) is 0 Å². The minimum Gasteiger partial charge on any atom is -0.478 e. The first kappa shape index (κ1) is 13.1. The van der Waals surface area contributed by atoms with Crippen molar-refractivity contribution >= 4 is 46.2 Å². The van der Waals surface area contributed by atoms with E-state index in [2.05, 4.69) is 10.3 Å². The molecule has 0 fully saturated rings. The summed E-state index contributed by atoms with van der Waals surface area (Å²) < 4.78 is 0.455. The van der Waals surface area contributed by atoms with Crippen LogP contribution in [0, 0.1) is 0 Å². The summed E-state index contributed by atoms with van der Waals surface area (Å²) in [5.41, 5.74) is 0.648. The van der Waals surface area contributed by atoms with Gasteiger partial charge in [-0.2, -0.15) is 0 Å². The Balaban J connectivity index is 2.17. The van der Waals surface area contributed by atoms with Gasteiger partial charge in [-0.25, -0.2) is 9.78 Å². The molecule has 2 aromatic rings. The quantitative estimate of drug-likeness (QED) is 0.902. The molecule has 0 unspecified atom stereocenters. The van der Waals surface area contributed by atoms with E-state index in [-0.39, 0.29) is 5.56 Å². The number of aromatic nitrogens is 1. The Labute approximate surface area is 117 Å². The van der Waals surface area contributed by atoms with Gasteiger partial charge in [0.15, 0.2) is 4.47 Å². The van der Waals surface area contributed by atoms with Crippen LogP contribution < -0.4 is 5.32 Å². The van der Waals surface area contributed by atoms with Gasteiger partial charge in [0.25, 0.3) is 0 Å². The van der Waals surface area contributed by atoms with E-state index in [0.717, 1.165) is 4.88 Å². The Morgan fingerprint density at radius 2 is 2.22 bits per heavy atom. The lowest BCUT2D eigenvalue weighted by Crippen LogP contribution is -2.05. The fourth-order valence-electron chi connectivity index (χ4n) is 1.40. The third kappa shape index (κ3) is 3.13. The van der Waals surface area contributed by atoms with Crippen molar-refractivity contribution in [3.05, 3.63) is 44.3 Å². The predicted octanol–water partition coefficient (Wildman–Crippen LogP) is 3.76. The number of nitrogens with zero attached hydrogens (tertiary/aromatic N) is 1. The van der Waals surface area contributed by atoms with Crippen molar-refractivity contribution in [3.63, 3.8) is 0 Å². The van der Waals surface area contributed by atoms with Crippen molar-refractivity contribution in [2.75, 3.05) is 5.32 Å². The number of carboxylic acids is 1. The van der Waals surface area contributed by atoms with E-state index < -0.39 is 5.97 Å². The van der Waals surface area contributed by atoms with E-state index in [1.165, 1.54) is 17.4 Å². The average Bonchev–Trinajstić information content (AvgIpc) is 2.72. The summed E-state index contributed by atoms with van der Waals surface area (Å²) >= 11 is 12.9. The third-order valence-electron chi connectivity index (χ3n) is 2.19. The highest BCUT2D eigenvalue weighted by Crippen LogP contribution is 2.23. The highest BCUT2D eigenvalue weighted by atomic mass is 35.5. The zero-order valence-electron chi connectivity index (χ0n) is 8.98. The van der Waals surface area contributed by atoms with Gasteiger partial charge in [-0.15, -0.1) is 11.3 Å². The summed E-state index contributed by atoms with van der Waals surface area (Å²) in [6, 6.07) is 4.58. The molecule has 0 atom stereocenters. The molecule has 0 spiro atoms. The minimum atomic E-state index is -1.00. The zero-order valence-corrected chi connectivity index (χ0v) is 11.3. The van der Waals surface area contributed by atoms with Crippen molar-refractivity contribution in [3.8, 4) is 0 Å². The first-order valence-electron chi connectivity index (χ1n) is 4.93. The highest BCUT2D eigenvalue weighted by Gasteiger charge is 2.10. The molecule has 1 aromatic heterocycles. The van der Waals surface area contributed by atoms with Gasteiger partial charge >= 0.3 is 5.97 Å². The first-order chi connectivity index (χ1) is 8.56. The molecule has 0 bridgehead atoms. The van der Waals surface area contributed by atoms with Gasteiger partial charge in [-0.1, -0.05) is 23.2 Å². The van der Waals surface area contributed by atoms with Crippen LogP contribution in [0.15, 0.2) is 24.4 Å². The molecule has 0 aliphatic carbocycles. The fraction of sp³-hybridized carbons (Fsp3) is 0.0909. The second-order valence-electron chi connectivity index (χ2n) is 3.43. The number of hydrogen-bond donors (Lipinski definition) is 2. The Kier molecular flexibility index (Phi) is 4.06. The summed E-state index contributed by atoms with van der Waals surface area (Å²) in [4.78, 5) is 15.9. The molecule has 1 aromatic carbocycles. The molecule has 0 aliphatic rings. The van der Waals surface area contributed by atoms with Gasteiger partial charge in [0.05, 0.1) is 17.8 Å². The molecule has 0 saturated carbocycles. The van der Waals surface area contributed by atoms with Crippen molar-refractivity contribution < 1.29 is 9.90 Å². The van der Waals surface area contributed by atoms with Crippen molar-refractivity contribution in [2.45, 2.75) is 6.54 Å². The number of benzene rings is 1. The number of nitrogens with one attached hydrogen (secondary N) is 1. The molecule has 0 radical (unpaired) electrons. The molecule has 2 N–H and O–H groups in total. The molecule has 94 valence electrons. The SMILES string of the molecule is O=C(O)c1ccc(Cl)cc1NCc1cnc(Cl)s1. The van der Waals surface area contributed by atoms with E-state index in [1.54, 1.807) is 18.3 Å². The summed E-state index contributed by atoms with van der Waals surface area (Å²) in [6.07, 6.45) is 1.64. The van der Waals surface area contributed by atoms with Crippen LogP contribution in [-0.4, -0.2) is 16.1 Å². The van der Waals surface area contributed by atoms with Crippen LogP contribution in [0.3, 0.4) is 0 Å². The van der Waals surface area contributed by atoms with Crippen LogP contribution in [0.2, 0.25) is 9.49 Å². The average molecular weight is 303 g/mol. The maximum Gasteiger partial charge on any atom is 0.337 e. The number of hydrogen-bond acceptors (Lipinski definition) is 4. The molecule has 1 heterocycles. The first-order valence-corrected chi connectivity index (χ1v) is 6.50. The van der Waals surface area contributed by atoms with Crippen molar-refractivity contribution in [1.29, 1.82) is 0 Å². The second-order valence-corrected chi connectivity index (χ2v) is 5.56. The largest absolute Gasteiger partial charge is 0.478 e. The number of rotatable bonds is 4. The zero-order chi connectivity index (χ0) is 13.1. The standard InChI is InChI=1S/C11H8Cl2N2O2S/c12-6-1-2-8(10(16)17)9(3-6)14-4-7-5-15-11(13)18-7/h1-3,5,14H,4H2,(H,16,17). The van der Waals surface area contributed by atoms with E-state index >= 15 is 0 Å². The van der Waals surface area contributed by atoms with Crippen molar-refractivity contribution in [1.82, 2.24) is 4.98 Å². The molecule has 0 amide bonds. The summed E-state index contributed by atoms with van der Waals surface area (Å²) in [5, 5.41) is 12.5. The molecule has 2 rings (SSSR count). The maximum atomic E-state index is 11.0. The maximum absolute atomic E-state index is 11.0. The van der Waals surface area contributed by atoms with E-state index in [0.29, 0.717) is 21.7 Å². The normalized spacial score (nSPS) is 10.3. The van der Waals surface area contributed by atoms with Crippen LogP contribution >= 0.6 is 34.5 Å². The van der Waals surface area contributed by atoms with E-state index in [4.69, 9.17) is 28.3 Å². The number of carboxylic acid groups (broad SMARTS) is 1. The summed E-state index contributed by atoms with van der Waals surface area (Å²) in [5.74, 6) is -1.00. The second kappa shape index (κ2) is 5.56. The number of carbonyl (C=O) groups is 1. The number of aromatic carboxylic acids is 1. The van der Waals surface area contributed by atoms with Gasteiger partial charge in [-0.05, 0) is 18.2 Å². The number of anilines is 1. The topological polar surface area (TPSA) is 62.2 Å². The van der Waals surface area contributed by atoms with Crippen LogP contribution in [0.4, 0.5) is 5.69 Å². The monoisotopic (exact) mass is 302 g/mol. The lowest BCUT2D eigenvalue weighted by Gasteiger charge is -2.08. The fourth-order valence-corrected chi connectivity index (χ4v) is 2.49. The number of thiazole rings is 1. The van der Waals surface area contributed by atoms with Gasteiger partial charge in [-0.3, -0.25) is 0 Å². The lowest BCUT2D eigenvalue weighted by molar-refractivity contribution is 0.0698. The van der Waals surface area contributed by atoms with Gasteiger partial charge in [0, 0.05) is 16.1 Å².